The topological polar surface area (TPSA) is 52.6 Å². The fourth-order valence-corrected chi connectivity index (χ4v) is 1.06. The lowest BCUT2D eigenvalue weighted by molar-refractivity contribution is -0.254. The van der Waals surface area contributed by atoms with Gasteiger partial charge in [-0.15, -0.1) is 0 Å². The number of carbonyl (C=O) groups excluding carboxylic acids is 1. The van der Waals surface area contributed by atoms with Gasteiger partial charge in [0.25, 0.3) is 0 Å². The first-order valence-electron chi connectivity index (χ1n) is 3.77. The van der Waals surface area contributed by atoms with Crippen LogP contribution in [-0.2, 0) is 4.84 Å². The number of aryl methyl sites for hydroxylation is 1. The second-order valence-corrected chi connectivity index (χ2v) is 2.53. The van der Waals surface area contributed by atoms with E-state index in [1.165, 1.54) is 7.11 Å². The molecular formula is C9H10NO3-. The van der Waals surface area contributed by atoms with Crippen LogP contribution in [0.1, 0.15) is 5.56 Å². The van der Waals surface area contributed by atoms with E-state index in [4.69, 9.17) is 0 Å². The Hall–Kier alpha value is -1.55. The SMILES string of the molecule is CON(C(=O)[O-])c1ccccc1C. The Bertz CT molecular complexity index is 311. The number of anilines is 1. The molecule has 0 aliphatic carbocycles. The van der Waals surface area contributed by atoms with Crippen LogP contribution in [0, 0.1) is 6.92 Å². The largest absolute Gasteiger partial charge is 0.528 e. The number of hydroxylamine groups is 1. The van der Waals surface area contributed by atoms with Gasteiger partial charge >= 0.3 is 0 Å². The third-order valence-electron chi connectivity index (χ3n) is 1.68. The maximum atomic E-state index is 10.6. The quantitative estimate of drug-likeness (QED) is 0.630. The summed E-state index contributed by atoms with van der Waals surface area (Å²) in [6.07, 6.45) is -1.38. The molecule has 0 heterocycles. The molecule has 0 aliphatic rings. The van der Waals surface area contributed by atoms with Crippen molar-refractivity contribution in [3.05, 3.63) is 29.8 Å². The van der Waals surface area contributed by atoms with Crippen molar-refractivity contribution in [1.29, 1.82) is 0 Å². The van der Waals surface area contributed by atoms with Gasteiger partial charge in [0.05, 0.1) is 12.8 Å². The summed E-state index contributed by atoms with van der Waals surface area (Å²) in [5.74, 6) is 0. The smallest absolute Gasteiger partial charge is 0.168 e. The number of rotatable bonds is 2. The Balaban J connectivity index is 3.04. The van der Waals surface area contributed by atoms with Crippen LogP contribution in [0.3, 0.4) is 0 Å². The number of amides is 1. The Morgan fingerprint density at radius 2 is 2.08 bits per heavy atom. The maximum absolute atomic E-state index is 10.6. The van der Waals surface area contributed by atoms with Crippen LogP contribution in [0.5, 0.6) is 0 Å². The molecule has 0 N–H and O–H groups in total. The van der Waals surface area contributed by atoms with Crippen LogP contribution >= 0.6 is 0 Å². The monoisotopic (exact) mass is 180 g/mol. The average molecular weight is 180 g/mol. The lowest BCUT2D eigenvalue weighted by atomic mass is 10.2. The molecule has 1 rings (SSSR count). The molecule has 0 saturated carbocycles. The molecule has 0 saturated heterocycles. The molecular weight excluding hydrogens is 170 g/mol. The van der Waals surface area contributed by atoms with E-state index >= 15 is 0 Å². The molecule has 0 atom stereocenters. The summed E-state index contributed by atoms with van der Waals surface area (Å²) in [6.45, 7) is 1.80. The van der Waals surface area contributed by atoms with Crippen LogP contribution < -0.4 is 10.2 Å². The van der Waals surface area contributed by atoms with Crippen LogP contribution in [0.25, 0.3) is 0 Å². The van der Waals surface area contributed by atoms with Gasteiger partial charge in [0.1, 0.15) is 0 Å². The van der Waals surface area contributed by atoms with Gasteiger partial charge in [0.15, 0.2) is 6.09 Å². The number of hydrogen-bond acceptors (Lipinski definition) is 3. The number of para-hydroxylation sites is 1. The molecule has 1 aromatic rings. The minimum absolute atomic E-state index is 0.477. The first-order chi connectivity index (χ1) is 6.16. The first-order valence-corrected chi connectivity index (χ1v) is 3.77. The number of carboxylic acid groups (broad SMARTS) is 1. The Labute approximate surface area is 76.3 Å². The van der Waals surface area contributed by atoms with Crippen LogP contribution in [0.2, 0.25) is 0 Å². The van der Waals surface area contributed by atoms with Gasteiger partial charge in [-0.3, -0.25) is 4.84 Å². The highest BCUT2D eigenvalue weighted by Gasteiger charge is 2.07. The predicted octanol–water partition coefficient (Wildman–Crippen LogP) is 0.706. The van der Waals surface area contributed by atoms with E-state index in [1.807, 2.05) is 6.07 Å². The van der Waals surface area contributed by atoms with Crippen molar-refractivity contribution in [3.63, 3.8) is 0 Å². The molecule has 1 aromatic carbocycles. The number of hydrogen-bond donors (Lipinski definition) is 0. The van der Waals surface area contributed by atoms with E-state index in [-0.39, 0.29) is 0 Å². The van der Waals surface area contributed by atoms with Crippen LogP contribution in [-0.4, -0.2) is 13.2 Å². The second-order valence-electron chi connectivity index (χ2n) is 2.53. The standard InChI is InChI=1S/C9H11NO3/c1-7-5-3-4-6-8(7)10(13-2)9(11)12/h3-6H,1-2H3,(H,11,12)/p-1. The van der Waals surface area contributed by atoms with Crippen molar-refractivity contribution in [2.75, 3.05) is 12.2 Å². The molecule has 4 nitrogen and oxygen atoms in total. The van der Waals surface area contributed by atoms with E-state index in [1.54, 1.807) is 25.1 Å². The minimum atomic E-state index is -1.38. The van der Waals surface area contributed by atoms with Crippen molar-refractivity contribution in [2.45, 2.75) is 6.92 Å². The summed E-state index contributed by atoms with van der Waals surface area (Å²) in [6, 6.07) is 7.00. The van der Waals surface area contributed by atoms with Crippen molar-refractivity contribution in [2.24, 2.45) is 0 Å². The van der Waals surface area contributed by atoms with Crippen molar-refractivity contribution in [1.82, 2.24) is 0 Å². The molecule has 70 valence electrons. The summed E-state index contributed by atoms with van der Waals surface area (Å²) < 4.78 is 0. The van der Waals surface area contributed by atoms with E-state index in [0.29, 0.717) is 5.69 Å². The Morgan fingerprint density at radius 3 is 2.54 bits per heavy atom. The summed E-state index contributed by atoms with van der Waals surface area (Å²) in [5.41, 5.74) is 1.29. The molecule has 0 radical (unpaired) electrons. The maximum Gasteiger partial charge on any atom is 0.168 e. The zero-order chi connectivity index (χ0) is 9.84. The molecule has 0 aliphatic heterocycles. The lowest BCUT2D eigenvalue weighted by Crippen LogP contribution is -2.40. The fourth-order valence-electron chi connectivity index (χ4n) is 1.06. The fraction of sp³-hybridized carbons (Fsp3) is 0.222. The predicted molar refractivity (Wildman–Crippen MR) is 46.1 cm³/mol. The highest BCUT2D eigenvalue weighted by molar-refractivity contribution is 5.83. The normalized spacial score (nSPS) is 9.69. The third kappa shape index (κ3) is 1.97. The van der Waals surface area contributed by atoms with Crippen molar-refractivity contribution >= 4 is 11.8 Å². The lowest BCUT2D eigenvalue weighted by Gasteiger charge is -2.23. The van der Waals surface area contributed by atoms with E-state index in [9.17, 15) is 9.90 Å². The van der Waals surface area contributed by atoms with Crippen LogP contribution in [0.15, 0.2) is 24.3 Å². The molecule has 13 heavy (non-hydrogen) atoms. The van der Waals surface area contributed by atoms with E-state index in [2.05, 4.69) is 4.84 Å². The molecule has 0 fully saturated rings. The van der Waals surface area contributed by atoms with Gasteiger partial charge in [-0.05, 0) is 18.6 Å². The second kappa shape index (κ2) is 3.91. The molecule has 1 amide bonds. The van der Waals surface area contributed by atoms with Crippen molar-refractivity contribution < 1.29 is 14.7 Å². The van der Waals surface area contributed by atoms with Gasteiger partial charge in [-0.2, -0.15) is 0 Å². The number of carbonyl (C=O) groups is 1. The average Bonchev–Trinajstić information content (AvgIpc) is 2.09. The summed E-state index contributed by atoms with van der Waals surface area (Å²) in [4.78, 5) is 15.2. The highest BCUT2D eigenvalue weighted by atomic mass is 16.7. The Kier molecular flexibility index (Phi) is 2.87. The van der Waals surface area contributed by atoms with E-state index in [0.717, 1.165) is 10.6 Å². The molecule has 0 aromatic heterocycles. The molecule has 0 unspecified atom stereocenters. The molecule has 0 spiro atoms. The van der Waals surface area contributed by atoms with Gasteiger partial charge < -0.3 is 9.90 Å². The highest BCUT2D eigenvalue weighted by Crippen LogP contribution is 2.18. The van der Waals surface area contributed by atoms with Crippen LogP contribution in [0.4, 0.5) is 10.5 Å². The minimum Gasteiger partial charge on any atom is -0.528 e. The summed E-state index contributed by atoms with van der Waals surface area (Å²) in [7, 11) is 1.28. The van der Waals surface area contributed by atoms with Gasteiger partial charge in [-0.25, -0.2) is 5.06 Å². The number of nitrogens with zero attached hydrogens (tertiary/aromatic N) is 1. The van der Waals surface area contributed by atoms with Gasteiger partial charge in [-0.1, -0.05) is 18.2 Å². The number of benzene rings is 1. The van der Waals surface area contributed by atoms with Gasteiger partial charge in [0.2, 0.25) is 0 Å². The van der Waals surface area contributed by atoms with E-state index < -0.39 is 6.09 Å². The Morgan fingerprint density at radius 1 is 1.46 bits per heavy atom. The third-order valence-corrected chi connectivity index (χ3v) is 1.68. The molecule has 0 bridgehead atoms. The summed E-state index contributed by atoms with van der Waals surface area (Å²) >= 11 is 0. The zero-order valence-electron chi connectivity index (χ0n) is 7.48. The zero-order valence-corrected chi connectivity index (χ0v) is 7.48. The first kappa shape index (κ1) is 9.54. The summed E-state index contributed by atoms with van der Waals surface area (Å²) in [5, 5.41) is 11.3. The molecule has 4 heteroatoms. The van der Waals surface area contributed by atoms with Crippen molar-refractivity contribution in [3.8, 4) is 0 Å². The van der Waals surface area contributed by atoms with Gasteiger partial charge in [0, 0.05) is 0 Å².